The highest BCUT2D eigenvalue weighted by molar-refractivity contribution is 7.99. The van der Waals surface area contributed by atoms with E-state index in [4.69, 9.17) is 0 Å². The van der Waals surface area contributed by atoms with Crippen LogP contribution in [0.3, 0.4) is 0 Å². The Labute approximate surface area is 182 Å². The average molecular weight is 424 g/mol. The van der Waals surface area contributed by atoms with Crippen molar-refractivity contribution in [1.82, 2.24) is 25.0 Å². The molecule has 0 unspecified atom stereocenters. The van der Waals surface area contributed by atoms with Crippen molar-refractivity contribution < 1.29 is 4.79 Å². The minimum absolute atomic E-state index is 0.0145. The number of thioether (sulfide) groups is 1. The molecule has 0 radical (unpaired) electrons. The van der Waals surface area contributed by atoms with Gasteiger partial charge < -0.3 is 9.88 Å². The molecule has 0 saturated carbocycles. The Hall–Kier alpha value is -2.64. The quantitative estimate of drug-likeness (QED) is 0.503. The first-order chi connectivity index (χ1) is 14.6. The Morgan fingerprint density at radius 3 is 2.27 bits per heavy atom. The lowest BCUT2D eigenvalue weighted by Crippen LogP contribution is -2.25. The van der Waals surface area contributed by atoms with E-state index in [0.29, 0.717) is 18.8 Å². The molecule has 1 atom stereocenters. The summed E-state index contributed by atoms with van der Waals surface area (Å²) >= 11 is 1.43. The van der Waals surface area contributed by atoms with Crippen LogP contribution in [0.5, 0.6) is 0 Å². The highest BCUT2D eigenvalue weighted by Crippen LogP contribution is 2.26. The van der Waals surface area contributed by atoms with Crippen molar-refractivity contribution in [3.8, 4) is 0 Å². The molecule has 1 aromatic heterocycles. The molecule has 7 heteroatoms. The smallest absolute Gasteiger partial charge is 0.230 e. The van der Waals surface area contributed by atoms with Crippen LogP contribution in [-0.4, -0.2) is 45.4 Å². The summed E-state index contributed by atoms with van der Waals surface area (Å²) in [5, 5.41) is 12.7. The van der Waals surface area contributed by atoms with Crippen LogP contribution in [0.15, 0.2) is 65.8 Å². The molecule has 1 amide bonds. The van der Waals surface area contributed by atoms with Crippen LogP contribution in [-0.2, 0) is 17.9 Å². The topological polar surface area (TPSA) is 63.1 Å². The van der Waals surface area contributed by atoms with Crippen LogP contribution >= 0.6 is 11.8 Å². The van der Waals surface area contributed by atoms with Gasteiger partial charge >= 0.3 is 0 Å². The van der Waals surface area contributed by atoms with E-state index in [0.717, 1.165) is 23.0 Å². The molecule has 30 heavy (non-hydrogen) atoms. The van der Waals surface area contributed by atoms with Crippen molar-refractivity contribution in [2.75, 3.05) is 19.8 Å². The van der Waals surface area contributed by atoms with Gasteiger partial charge in [0.25, 0.3) is 0 Å². The van der Waals surface area contributed by atoms with Gasteiger partial charge in [0, 0.05) is 6.54 Å². The number of rotatable bonds is 10. The van der Waals surface area contributed by atoms with Gasteiger partial charge in [0.05, 0.1) is 18.3 Å². The maximum Gasteiger partial charge on any atom is 0.230 e. The van der Waals surface area contributed by atoms with Crippen LogP contribution in [0.2, 0.25) is 0 Å². The fourth-order valence-electron chi connectivity index (χ4n) is 3.32. The number of carbonyl (C=O) groups is 1. The maximum absolute atomic E-state index is 12.4. The van der Waals surface area contributed by atoms with Crippen molar-refractivity contribution >= 4 is 17.7 Å². The van der Waals surface area contributed by atoms with Crippen LogP contribution in [0, 0.1) is 0 Å². The predicted octanol–water partition coefficient (Wildman–Crippen LogP) is 3.75. The number of nitrogens with one attached hydrogen (secondary N) is 1. The van der Waals surface area contributed by atoms with Gasteiger partial charge in [-0.3, -0.25) is 9.69 Å². The second-order valence-corrected chi connectivity index (χ2v) is 8.29. The molecule has 158 valence electrons. The van der Waals surface area contributed by atoms with Gasteiger partial charge in [0.1, 0.15) is 0 Å². The van der Waals surface area contributed by atoms with E-state index in [9.17, 15) is 4.79 Å². The van der Waals surface area contributed by atoms with Gasteiger partial charge in [0.15, 0.2) is 11.0 Å². The molecule has 6 nitrogen and oxygen atoms in total. The largest absolute Gasteiger partial charge is 0.351 e. The molecule has 0 spiro atoms. The average Bonchev–Trinajstić information content (AvgIpc) is 3.14. The molecule has 0 saturated heterocycles. The second kappa shape index (κ2) is 10.9. The van der Waals surface area contributed by atoms with Gasteiger partial charge in [-0.05, 0) is 31.6 Å². The molecule has 1 N–H and O–H groups in total. The Morgan fingerprint density at radius 1 is 1.03 bits per heavy atom. The van der Waals surface area contributed by atoms with Gasteiger partial charge in [-0.25, -0.2) is 0 Å². The fraction of sp³-hybridized carbons (Fsp3) is 0.348. The highest BCUT2D eigenvalue weighted by Gasteiger charge is 2.22. The van der Waals surface area contributed by atoms with Crippen LogP contribution in [0.4, 0.5) is 0 Å². The zero-order valence-electron chi connectivity index (χ0n) is 17.8. The van der Waals surface area contributed by atoms with Crippen molar-refractivity contribution in [3.05, 3.63) is 77.6 Å². The van der Waals surface area contributed by atoms with Crippen molar-refractivity contribution in [2.24, 2.45) is 0 Å². The summed E-state index contributed by atoms with van der Waals surface area (Å²) in [5.74, 6) is 1.22. The molecule has 0 aliphatic rings. The Bertz CT molecular complexity index is 927. The zero-order valence-corrected chi connectivity index (χ0v) is 18.6. The molecule has 0 bridgehead atoms. The minimum Gasteiger partial charge on any atom is -0.351 e. The number of nitrogens with zero attached hydrogens (tertiary/aromatic N) is 4. The molecule has 0 aliphatic heterocycles. The summed E-state index contributed by atoms with van der Waals surface area (Å²) in [6.45, 7) is 3.36. The van der Waals surface area contributed by atoms with Crippen LogP contribution in [0.25, 0.3) is 0 Å². The van der Waals surface area contributed by atoms with Gasteiger partial charge in [0.2, 0.25) is 5.91 Å². The zero-order chi connectivity index (χ0) is 21.3. The molecule has 0 fully saturated rings. The fourth-order valence-corrected chi connectivity index (χ4v) is 4.10. The lowest BCUT2D eigenvalue weighted by Gasteiger charge is -2.23. The Morgan fingerprint density at radius 2 is 1.67 bits per heavy atom. The third-order valence-electron chi connectivity index (χ3n) is 4.90. The monoisotopic (exact) mass is 423 g/mol. The maximum atomic E-state index is 12.4. The Balaban J connectivity index is 1.71. The number of carbonyl (C=O) groups excluding carboxylic acids is 1. The lowest BCUT2D eigenvalue weighted by atomic mass is 10.2. The van der Waals surface area contributed by atoms with Gasteiger partial charge in [-0.15, -0.1) is 10.2 Å². The summed E-state index contributed by atoms with van der Waals surface area (Å²) in [6.07, 6.45) is 0.933. The normalized spacial score (nSPS) is 12.1. The van der Waals surface area contributed by atoms with Gasteiger partial charge in [-0.1, -0.05) is 79.3 Å². The summed E-state index contributed by atoms with van der Waals surface area (Å²) in [7, 11) is 4.11. The summed E-state index contributed by atoms with van der Waals surface area (Å²) in [6, 6.07) is 20.4. The second-order valence-electron chi connectivity index (χ2n) is 7.35. The number of benzene rings is 2. The third-order valence-corrected chi connectivity index (χ3v) is 5.87. The van der Waals surface area contributed by atoms with Gasteiger partial charge in [-0.2, -0.15) is 0 Å². The minimum atomic E-state index is -0.0145. The summed E-state index contributed by atoms with van der Waals surface area (Å²) < 4.78 is 2.14. The van der Waals surface area contributed by atoms with Crippen molar-refractivity contribution in [1.29, 1.82) is 0 Å². The van der Waals surface area contributed by atoms with E-state index in [-0.39, 0.29) is 11.9 Å². The SMILES string of the molecule is CC[C@@H](c1nnc(SCC(=O)NCc2ccccc2)n1Cc1ccccc1)N(C)C. The first kappa shape index (κ1) is 22.1. The number of amides is 1. The van der Waals surface area contributed by atoms with Crippen LogP contribution < -0.4 is 5.32 Å². The molecular weight excluding hydrogens is 394 g/mol. The summed E-state index contributed by atoms with van der Waals surface area (Å²) in [4.78, 5) is 14.5. The number of hydrogen-bond donors (Lipinski definition) is 1. The standard InChI is InChI=1S/C23H29N5OS/c1-4-20(27(2)3)22-25-26-23(28(22)16-19-13-9-6-10-14-19)30-17-21(29)24-15-18-11-7-5-8-12-18/h5-14,20H,4,15-17H2,1-3H3,(H,24,29)/t20-/m0/s1. The molecule has 2 aromatic carbocycles. The highest BCUT2D eigenvalue weighted by atomic mass is 32.2. The molecule has 1 heterocycles. The Kier molecular flexibility index (Phi) is 8.04. The van der Waals surface area contributed by atoms with E-state index in [1.807, 2.05) is 48.5 Å². The lowest BCUT2D eigenvalue weighted by molar-refractivity contribution is -0.118. The molecule has 3 rings (SSSR count). The van der Waals surface area contributed by atoms with E-state index in [1.54, 1.807) is 0 Å². The first-order valence-corrected chi connectivity index (χ1v) is 11.1. The van der Waals surface area contributed by atoms with Crippen molar-refractivity contribution in [2.45, 2.75) is 37.6 Å². The molecular formula is C23H29N5OS. The number of hydrogen-bond acceptors (Lipinski definition) is 5. The van der Waals surface area contributed by atoms with Crippen molar-refractivity contribution in [3.63, 3.8) is 0 Å². The van der Waals surface area contributed by atoms with E-state index < -0.39 is 0 Å². The van der Waals surface area contributed by atoms with E-state index in [2.05, 4.69) is 58.1 Å². The molecule has 0 aliphatic carbocycles. The van der Waals surface area contributed by atoms with Crippen LogP contribution in [0.1, 0.15) is 36.3 Å². The third kappa shape index (κ3) is 5.93. The van der Waals surface area contributed by atoms with E-state index >= 15 is 0 Å². The molecule has 3 aromatic rings. The predicted molar refractivity (Wildman–Crippen MR) is 121 cm³/mol. The number of aromatic nitrogens is 3. The summed E-state index contributed by atoms with van der Waals surface area (Å²) in [5.41, 5.74) is 2.27. The first-order valence-electron chi connectivity index (χ1n) is 10.1. The van der Waals surface area contributed by atoms with E-state index in [1.165, 1.54) is 17.3 Å².